The van der Waals surface area contributed by atoms with Crippen LogP contribution >= 0.6 is 24.8 Å². The first kappa shape index (κ1) is 18.9. The zero-order chi connectivity index (χ0) is 12.1. The maximum absolute atomic E-state index is 11.8. The summed E-state index contributed by atoms with van der Waals surface area (Å²) in [6.45, 7) is 8.36. The van der Waals surface area contributed by atoms with Gasteiger partial charge in [-0.15, -0.1) is 24.8 Å². The first-order chi connectivity index (χ1) is 8.29. The predicted molar refractivity (Wildman–Crippen MR) is 80.3 cm³/mol. The molecule has 7 heteroatoms. The van der Waals surface area contributed by atoms with E-state index in [1.165, 1.54) is 13.0 Å². The van der Waals surface area contributed by atoms with Gasteiger partial charge in [-0.3, -0.25) is 4.79 Å². The van der Waals surface area contributed by atoms with Crippen LogP contribution in [0, 0.1) is 5.92 Å². The molecule has 0 spiro atoms. The van der Waals surface area contributed by atoms with Gasteiger partial charge in [0.2, 0.25) is 5.91 Å². The molecule has 2 aliphatic heterocycles. The Morgan fingerprint density at radius 3 is 2.84 bits per heavy atom. The summed E-state index contributed by atoms with van der Waals surface area (Å²) in [4.78, 5) is 14.3. The minimum atomic E-state index is -0.160. The fourth-order valence-electron chi connectivity index (χ4n) is 2.47. The summed E-state index contributed by atoms with van der Waals surface area (Å²) in [5.41, 5.74) is 0. The van der Waals surface area contributed by atoms with Gasteiger partial charge < -0.3 is 20.3 Å². The largest absolute Gasteiger partial charge is 0.378 e. The predicted octanol–water partition coefficient (Wildman–Crippen LogP) is 0.276. The normalized spacial score (nSPS) is 27.2. The number of ether oxygens (including phenoxy) is 1. The van der Waals surface area contributed by atoms with Gasteiger partial charge in [0, 0.05) is 19.6 Å². The third kappa shape index (κ3) is 5.83. The first-order valence-electron chi connectivity index (χ1n) is 6.60. The first-order valence-corrected chi connectivity index (χ1v) is 6.60. The molecule has 2 saturated heterocycles. The van der Waals surface area contributed by atoms with Gasteiger partial charge >= 0.3 is 0 Å². The second-order valence-electron chi connectivity index (χ2n) is 4.87. The van der Waals surface area contributed by atoms with Crippen LogP contribution in [0.15, 0.2) is 0 Å². The number of hydrogen-bond donors (Lipinski definition) is 2. The maximum atomic E-state index is 11.8. The van der Waals surface area contributed by atoms with Crippen LogP contribution < -0.4 is 10.6 Å². The molecule has 19 heavy (non-hydrogen) atoms. The van der Waals surface area contributed by atoms with Crippen molar-refractivity contribution in [3.8, 4) is 0 Å². The monoisotopic (exact) mass is 313 g/mol. The van der Waals surface area contributed by atoms with Crippen LogP contribution in [0.2, 0.25) is 0 Å². The number of hydrogen-bond acceptors (Lipinski definition) is 4. The van der Waals surface area contributed by atoms with Crippen molar-refractivity contribution in [1.29, 1.82) is 0 Å². The zero-order valence-corrected chi connectivity index (χ0v) is 13.0. The number of carbonyl (C=O) groups is 1. The third-order valence-electron chi connectivity index (χ3n) is 3.62. The minimum Gasteiger partial charge on any atom is -0.378 e. The highest BCUT2D eigenvalue weighted by Gasteiger charge is 2.24. The number of halogens is 2. The molecule has 2 aliphatic rings. The Hall–Kier alpha value is -0.0700. The average molecular weight is 314 g/mol. The summed E-state index contributed by atoms with van der Waals surface area (Å²) in [5.74, 6) is 0.697. The lowest BCUT2D eigenvalue weighted by Crippen LogP contribution is -2.52. The van der Waals surface area contributed by atoms with Gasteiger partial charge in [0.25, 0.3) is 0 Å². The summed E-state index contributed by atoms with van der Waals surface area (Å²) in [5, 5.41) is 6.20. The van der Waals surface area contributed by atoms with Gasteiger partial charge in [0.05, 0.1) is 13.2 Å². The molecular formula is C12H25Cl2N3O2. The molecule has 0 aromatic rings. The van der Waals surface area contributed by atoms with E-state index in [2.05, 4.69) is 22.5 Å². The molecule has 0 aliphatic carbocycles. The standard InChI is InChI=1S/C12H23N3O2.2ClH/c1-2-15-5-3-10(8-15)7-14-12(16)11-9-17-6-4-13-11;;/h10-11,13H,2-9H2,1H3,(H,14,16);2*1H. The van der Waals surface area contributed by atoms with Crippen LogP contribution in [-0.4, -0.2) is 62.8 Å². The second-order valence-corrected chi connectivity index (χ2v) is 4.87. The SMILES string of the molecule is CCN1CCC(CNC(=O)C2COCCN2)C1.Cl.Cl. The van der Waals surface area contributed by atoms with Crippen molar-refractivity contribution < 1.29 is 9.53 Å². The van der Waals surface area contributed by atoms with Crippen molar-refractivity contribution in [1.82, 2.24) is 15.5 Å². The minimum absolute atomic E-state index is 0. The molecule has 2 unspecified atom stereocenters. The Bertz CT molecular complexity index is 263. The molecule has 0 aromatic heterocycles. The van der Waals surface area contributed by atoms with Crippen molar-refractivity contribution in [3.63, 3.8) is 0 Å². The highest BCUT2D eigenvalue weighted by Crippen LogP contribution is 2.14. The van der Waals surface area contributed by atoms with E-state index in [1.54, 1.807) is 0 Å². The fraction of sp³-hybridized carbons (Fsp3) is 0.917. The summed E-state index contributed by atoms with van der Waals surface area (Å²) in [6, 6.07) is -0.160. The molecule has 0 saturated carbocycles. The summed E-state index contributed by atoms with van der Waals surface area (Å²) in [6.07, 6.45) is 1.20. The van der Waals surface area contributed by atoms with Crippen LogP contribution in [0.25, 0.3) is 0 Å². The summed E-state index contributed by atoms with van der Waals surface area (Å²) < 4.78 is 5.28. The Morgan fingerprint density at radius 2 is 2.26 bits per heavy atom. The molecule has 2 atom stereocenters. The van der Waals surface area contributed by atoms with E-state index in [0.29, 0.717) is 19.1 Å². The third-order valence-corrected chi connectivity index (χ3v) is 3.62. The average Bonchev–Trinajstić information content (AvgIpc) is 2.85. The number of likely N-dealkylation sites (tertiary alicyclic amines) is 1. The van der Waals surface area contributed by atoms with E-state index in [4.69, 9.17) is 4.74 Å². The van der Waals surface area contributed by atoms with Crippen molar-refractivity contribution in [2.75, 3.05) is 45.9 Å². The van der Waals surface area contributed by atoms with Crippen LogP contribution in [-0.2, 0) is 9.53 Å². The number of morpholine rings is 1. The molecule has 5 nitrogen and oxygen atoms in total. The molecule has 2 rings (SSSR count). The Labute approximate surface area is 127 Å². The van der Waals surface area contributed by atoms with Crippen molar-refractivity contribution in [3.05, 3.63) is 0 Å². The van der Waals surface area contributed by atoms with Crippen LogP contribution in [0.1, 0.15) is 13.3 Å². The van der Waals surface area contributed by atoms with Gasteiger partial charge in [-0.25, -0.2) is 0 Å². The molecule has 1 amide bonds. The molecular weight excluding hydrogens is 289 g/mol. The van der Waals surface area contributed by atoms with E-state index in [0.717, 1.165) is 26.2 Å². The van der Waals surface area contributed by atoms with E-state index in [9.17, 15) is 4.79 Å². The number of carbonyl (C=O) groups excluding carboxylic acids is 1. The summed E-state index contributed by atoms with van der Waals surface area (Å²) in [7, 11) is 0. The highest BCUT2D eigenvalue weighted by molar-refractivity contribution is 5.85. The van der Waals surface area contributed by atoms with Crippen molar-refractivity contribution in [2.45, 2.75) is 19.4 Å². The summed E-state index contributed by atoms with van der Waals surface area (Å²) >= 11 is 0. The molecule has 0 bridgehead atoms. The second kappa shape index (κ2) is 9.77. The van der Waals surface area contributed by atoms with Gasteiger partial charge in [0.15, 0.2) is 0 Å². The maximum Gasteiger partial charge on any atom is 0.239 e. The topological polar surface area (TPSA) is 53.6 Å². The van der Waals surface area contributed by atoms with Crippen LogP contribution in [0.4, 0.5) is 0 Å². The van der Waals surface area contributed by atoms with E-state index >= 15 is 0 Å². The number of amides is 1. The molecule has 2 heterocycles. The molecule has 2 N–H and O–H groups in total. The van der Waals surface area contributed by atoms with Crippen LogP contribution in [0.5, 0.6) is 0 Å². The van der Waals surface area contributed by atoms with E-state index in [1.807, 2.05) is 0 Å². The fourth-order valence-corrected chi connectivity index (χ4v) is 2.47. The van der Waals surface area contributed by atoms with E-state index < -0.39 is 0 Å². The molecule has 0 radical (unpaired) electrons. The molecule has 0 aromatic carbocycles. The lowest BCUT2D eigenvalue weighted by atomic mass is 10.1. The zero-order valence-electron chi connectivity index (χ0n) is 11.4. The smallest absolute Gasteiger partial charge is 0.239 e. The lowest BCUT2D eigenvalue weighted by molar-refractivity contribution is -0.126. The Balaban J connectivity index is 0.00000162. The quantitative estimate of drug-likeness (QED) is 0.782. The van der Waals surface area contributed by atoms with Crippen LogP contribution in [0.3, 0.4) is 0 Å². The highest BCUT2D eigenvalue weighted by atomic mass is 35.5. The number of nitrogens with zero attached hydrogens (tertiary/aromatic N) is 1. The Kier molecular flexibility index (Phi) is 9.74. The Morgan fingerprint density at radius 1 is 1.47 bits per heavy atom. The van der Waals surface area contributed by atoms with Gasteiger partial charge in [-0.05, 0) is 25.4 Å². The number of rotatable bonds is 4. The molecule has 114 valence electrons. The van der Waals surface area contributed by atoms with Crippen molar-refractivity contribution in [2.24, 2.45) is 5.92 Å². The van der Waals surface area contributed by atoms with E-state index in [-0.39, 0.29) is 36.8 Å². The van der Waals surface area contributed by atoms with Gasteiger partial charge in [-0.1, -0.05) is 6.92 Å². The number of nitrogens with one attached hydrogen (secondary N) is 2. The van der Waals surface area contributed by atoms with Gasteiger partial charge in [-0.2, -0.15) is 0 Å². The molecule has 2 fully saturated rings. The van der Waals surface area contributed by atoms with Gasteiger partial charge in [0.1, 0.15) is 6.04 Å². The van der Waals surface area contributed by atoms with Crippen molar-refractivity contribution >= 4 is 30.7 Å². The lowest BCUT2D eigenvalue weighted by Gasteiger charge is -2.23.